The van der Waals surface area contributed by atoms with E-state index in [1.54, 1.807) is 11.3 Å². The van der Waals surface area contributed by atoms with Gasteiger partial charge in [-0.3, -0.25) is 4.90 Å². The summed E-state index contributed by atoms with van der Waals surface area (Å²) < 4.78 is 40.2. The maximum Gasteiger partial charge on any atom is 0.282 e. The molecule has 0 saturated carbocycles. The maximum atomic E-state index is 16.7. The van der Waals surface area contributed by atoms with E-state index < -0.39 is 32.4 Å². The molecule has 1 fully saturated rings. The van der Waals surface area contributed by atoms with Crippen molar-refractivity contribution in [3.63, 3.8) is 0 Å². The lowest BCUT2D eigenvalue weighted by atomic mass is 9.91. The number of fused-ring (bicyclic) bond motifs is 3. The number of aromatic amines is 1. The Kier molecular flexibility index (Phi) is 9.53. The highest BCUT2D eigenvalue weighted by molar-refractivity contribution is 7.15. The second-order valence-electron chi connectivity index (χ2n) is 14.8. The number of halogens is 2. The topological polar surface area (TPSA) is 65.2 Å². The Hall–Kier alpha value is -3.41. The summed E-state index contributed by atoms with van der Waals surface area (Å²) in [7, 11) is -3.15. The van der Waals surface area contributed by atoms with Crippen LogP contribution in [0, 0.1) is 0 Å². The fraction of sp³-hybridized carbons (Fsp3) is 0.410. The number of H-pyrrole nitrogens is 1. The first-order valence-corrected chi connectivity index (χ1v) is 20.2. The van der Waals surface area contributed by atoms with Gasteiger partial charge in [-0.2, -0.15) is 0 Å². The van der Waals surface area contributed by atoms with Gasteiger partial charge in [0.2, 0.25) is 0 Å². The normalized spacial score (nSPS) is 20.7. The van der Waals surface area contributed by atoms with Gasteiger partial charge < -0.3 is 20.0 Å². The SMILES string of the molecule is C[C@@H]1Cc2c([nH]c3ccccc23)[C@@H](c2cnc(N[C@H]3CCCNC3)s2)N1CC(F)(F)CO[Si](c1ccccc1)(c1ccccc1)C(C)(C)C. The smallest absolute Gasteiger partial charge is 0.282 e. The van der Waals surface area contributed by atoms with Crippen molar-refractivity contribution in [2.24, 2.45) is 0 Å². The number of piperidine rings is 1. The van der Waals surface area contributed by atoms with E-state index >= 15 is 8.78 Å². The van der Waals surface area contributed by atoms with Gasteiger partial charge in [-0.1, -0.05) is 99.6 Å². The molecule has 2 aliphatic rings. The van der Waals surface area contributed by atoms with Crippen LogP contribution in [0.3, 0.4) is 0 Å². The second kappa shape index (κ2) is 13.7. The molecule has 49 heavy (non-hydrogen) atoms. The summed E-state index contributed by atoms with van der Waals surface area (Å²) in [6.07, 6.45) is 4.76. The molecule has 0 unspecified atom stereocenters. The van der Waals surface area contributed by atoms with E-state index in [2.05, 4.69) is 55.4 Å². The van der Waals surface area contributed by atoms with E-state index in [1.165, 1.54) is 5.56 Å². The van der Waals surface area contributed by atoms with Gasteiger partial charge in [0.25, 0.3) is 14.2 Å². The van der Waals surface area contributed by atoms with Crippen molar-refractivity contribution in [3.8, 4) is 0 Å². The molecule has 3 aromatic carbocycles. The van der Waals surface area contributed by atoms with Gasteiger partial charge in [-0.05, 0) is 59.8 Å². The summed E-state index contributed by atoms with van der Waals surface area (Å²) in [6, 6.07) is 28.1. The first-order chi connectivity index (χ1) is 23.6. The highest BCUT2D eigenvalue weighted by Crippen LogP contribution is 2.44. The van der Waals surface area contributed by atoms with E-state index in [4.69, 9.17) is 9.41 Å². The summed E-state index contributed by atoms with van der Waals surface area (Å²) in [5, 5.41) is 10.6. The number of para-hydroxylation sites is 1. The van der Waals surface area contributed by atoms with Gasteiger partial charge in [0.05, 0.1) is 19.2 Å². The molecule has 2 aliphatic heterocycles. The number of aromatic nitrogens is 2. The third-order valence-corrected chi connectivity index (χ3v) is 16.2. The van der Waals surface area contributed by atoms with Crippen LogP contribution in [0.15, 0.2) is 91.1 Å². The predicted molar refractivity (Wildman–Crippen MR) is 200 cm³/mol. The van der Waals surface area contributed by atoms with Crippen molar-refractivity contribution in [3.05, 3.63) is 107 Å². The van der Waals surface area contributed by atoms with Crippen LogP contribution in [-0.4, -0.2) is 67.4 Å². The summed E-state index contributed by atoms with van der Waals surface area (Å²) in [6.45, 7) is 9.27. The zero-order valence-corrected chi connectivity index (χ0v) is 30.6. The Morgan fingerprint density at radius 1 is 0.980 bits per heavy atom. The van der Waals surface area contributed by atoms with E-state index in [-0.39, 0.29) is 12.1 Å². The molecule has 1 saturated heterocycles. The van der Waals surface area contributed by atoms with Crippen LogP contribution in [-0.2, 0) is 10.8 Å². The summed E-state index contributed by atoms with van der Waals surface area (Å²) in [5.41, 5.74) is 3.22. The number of anilines is 1. The van der Waals surface area contributed by atoms with Crippen LogP contribution in [0.2, 0.25) is 5.04 Å². The second-order valence-corrected chi connectivity index (χ2v) is 20.1. The number of rotatable bonds is 10. The van der Waals surface area contributed by atoms with Gasteiger partial charge in [0.15, 0.2) is 5.13 Å². The molecule has 2 aromatic heterocycles. The van der Waals surface area contributed by atoms with E-state index in [0.717, 1.165) is 62.9 Å². The minimum atomic E-state index is -3.15. The van der Waals surface area contributed by atoms with Crippen LogP contribution in [0.5, 0.6) is 0 Å². The lowest BCUT2D eigenvalue weighted by Crippen LogP contribution is -2.67. The van der Waals surface area contributed by atoms with Crippen LogP contribution >= 0.6 is 11.3 Å². The Balaban J connectivity index is 1.22. The molecule has 4 heterocycles. The lowest BCUT2D eigenvalue weighted by molar-refractivity contribution is -0.0818. The van der Waals surface area contributed by atoms with Gasteiger partial charge in [0.1, 0.15) is 0 Å². The van der Waals surface area contributed by atoms with Crippen molar-refractivity contribution < 1.29 is 13.2 Å². The van der Waals surface area contributed by atoms with Crippen molar-refractivity contribution >= 4 is 46.1 Å². The summed E-state index contributed by atoms with van der Waals surface area (Å²) in [5.74, 6) is -3.12. The van der Waals surface area contributed by atoms with E-state index in [9.17, 15) is 0 Å². The molecule has 6 nitrogen and oxygen atoms in total. The molecule has 7 rings (SSSR count). The van der Waals surface area contributed by atoms with Crippen molar-refractivity contribution in [1.82, 2.24) is 20.2 Å². The van der Waals surface area contributed by atoms with E-state index in [1.807, 2.05) is 83.9 Å². The molecule has 3 N–H and O–H groups in total. The molecule has 0 amide bonds. The zero-order chi connectivity index (χ0) is 34.2. The lowest BCUT2D eigenvalue weighted by Gasteiger charge is -2.45. The average molecular weight is 700 g/mol. The molecule has 3 atom stereocenters. The minimum Gasteiger partial charge on any atom is -0.401 e. The van der Waals surface area contributed by atoms with Gasteiger partial charge in [-0.15, -0.1) is 11.3 Å². The molecule has 0 radical (unpaired) electrons. The first-order valence-electron chi connectivity index (χ1n) is 17.5. The minimum absolute atomic E-state index is 0.128. The van der Waals surface area contributed by atoms with Crippen LogP contribution in [0.25, 0.3) is 10.9 Å². The van der Waals surface area contributed by atoms with E-state index in [0.29, 0.717) is 12.5 Å². The third-order valence-electron chi connectivity index (χ3n) is 10.3. The Bertz CT molecular complexity index is 1810. The molecule has 10 heteroatoms. The summed E-state index contributed by atoms with van der Waals surface area (Å²) in [4.78, 5) is 11.3. The average Bonchev–Trinajstić information content (AvgIpc) is 3.70. The largest absolute Gasteiger partial charge is 0.401 e. The predicted octanol–water partition coefficient (Wildman–Crippen LogP) is 7.34. The third kappa shape index (κ3) is 6.73. The number of hydrogen-bond donors (Lipinski definition) is 3. The molecule has 0 aliphatic carbocycles. The molecular formula is C39H47F2N5OSSi. The van der Waals surface area contributed by atoms with Gasteiger partial charge >= 0.3 is 0 Å². The number of alkyl halides is 2. The number of thiazole rings is 1. The Labute approximate surface area is 293 Å². The standard InChI is InChI=1S/C39H47F2N5OSSi/c1-27-22-32-31-19-11-12-20-33(31)45-35(32)36(34-24-43-37(48-34)44-28-14-13-21-42-23-28)46(27)25-39(40,41)26-47-49(38(2,3)4,29-15-7-5-8-16-29)30-17-9-6-10-18-30/h5-12,15-20,24,27-28,36,42,45H,13-14,21-23,25-26H2,1-4H3,(H,43,44)/t27-,28+,36-/m1/s1. The maximum absolute atomic E-state index is 16.7. The number of nitrogens with zero attached hydrogens (tertiary/aromatic N) is 2. The van der Waals surface area contributed by atoms with Crippen LogP contribution in [0.4, 0.5) is 13.9 Å². The van der Waals surface area contributed by atoms with Crippen molar-refractivity contribution in [1.29, 1.82) is 0 Å². The highest BCUT2D eigenvalue weighted by atomic mass is 32.1. The number of nitrogens with one attached hydrogen (secondary N) is 3. The van der Waals surface area contributed by atoms with Crippen molar-refractivity contribution in [2.45, 2.75) is 76.0 Å². The molecule has 0 bridgehead atoms. The fourth-order valence-electron chi connectivity index (χ4n) is 7.98. The molecule has 5 aromatic rings. The van der Waals surface area contributed by atoms with Crippen molar-refractivity contribution in [2.75, 3.05) is 31.6 Å². The Morgan fingerprint density at radius 3 is 2.31 bits per heavy atom. The fourth-order valence-corrected chi connectivity index (χ4v) is 13.6. The highest BCUT2D eigenvalue weighted by Gasteiger charge is 2.52. The Morgan fingerprint density at radius 2 is 1.65 bits per heavy atom. The van der Waals surface area contributed by atoms with Gasteiger partial charge in [0, 0.05) is 46.3 Å². The zero-order valence-electron chi connectivity index (χ0n) is 28.8. The summed E-state index contributed by atoms with van der Waals surface area (Å²) >= 11 is 1.57. The van der Waals surface area contributed by atoms with Crippen LogP contribution < -0.4 is 21.0 Å². The number of benzene rings is 3. The van der Waals surface area contributed by atoms with Gasteiger partial charge in [-0.25, -0.2) is 13.8 Å². The number of hydrogen-bond acceptors (Lipinski definition) is 6. The molecular weight excluding hydrogens is 653 g/mol. The monoisotopic (exact) mass is 699 g/mol. The molecule has 0 spiro atoms. The quantitative estimate of drug-likeness (QED) is 0.133. The first kappa shape index (κ1) is 34.1. The molecule has 258 valence electrons. The van der Waals surface area contributed by atoms with Crippen LogP contribution in [0.1, 0.15) is 62.7 Å².